The van der Waals surface area contributed by atoms with Gasteiger partial charge in [0.05, 0.1) is 11.5 Å². The first-order valence-electron chi connectivity index (χ1n) is 6.03. The van der Waals surface area contributed by atoms with Gasteiger partial charge in [-0.2, -0.15) is 13.2 Å². The van der Waals surface area contributed by atoms with E-state index in [1.165, 1.54) is 14.0 Å². The van der Waals surface area contributed by atoms with Crippen LogP contribution >= 0.6 is 0 Å². The molecule has 0 aliphatic carbocycles. The van der Waals surface area contributed by atoms with Gasteiger partial charge in [0, 0.05) is 19.3 Å². The zero-order valence-electron chi connectivity index (χ0n) is 11.4. The molecule has 0 spiro atoms. The molecule has 21 heavy (non-hydrogen) atoms. The lowest BCUT2D eigenvalue weighted by Crippen LogP contribution is -2.36. The molecule has 116 valence electrons. The van der Waals surface area contributed by atoms with Crippen molar-refractivity contribution in [2.24, 2.45) is 5.92 Å². The smallest absolute Gasteiger partial charge is 0.416 e. The molecule has 1 rings (SSSR count). The molecule has 1 unspecified atom stereocenters. The molecule has 0 radical (unpaired) electrons. The van der Waals surface area contributed by atoms with Crippen LogP contribution < -0.4 is 5.32 Å². The van der Waals surface area contributed by atoms with Crippen molar-refractivity contribution < 1.29 is 27.9 Å². The van der Waals surface area contributed by atoms with E-state index in [0.717, 1.165) is 29.2 Å². The number of carboxylic acids is 1. The molecule has 1 aromatic rings. The molecule has 0 aliphatic heterocycles. The number of nitrogens with zero attached hydrogens (tertiary/aromatic N) is 1. The first-order valence-corrected chi connectivity index (χ1v) is 6.03. The van der Waals surface area contributed by atoms with Crippen LogP contribution in [0, 0.1) is 5.92 Å². The number of amides is 2. The quantitative estimate of drug-likeness (QED) is 0.898. The minimum atomic E-state index is -4.43. The molecular weight excluding hydrogens is 289 g/mol. The monoisotopic (exact) mass is 304 g/mol. The van der Waals surface area contributed by atoms with Crippen molar-refractivity contribution in [2.45, 2.75) is 13.1 Å². The van der Waals surface area contributed by atoms with Crippen molar-refractivity contribution in [1.82, 2.24) is 4.90 Å². The molecule has 0 saturated carbocycles. The second kappa shape index (κ2) is 6.47. The summed E-state index contributed by atoms with van der Waals surface area (Å²) in [6.07, 6.45) is -4.43. The third kappa shape index (κ3) is 4.97. The van der Waals surface area contributed by atoms with Crippen molar-refractivity contribution in [3.05, 3.63) is 29.8 Å². The second-order valence-electron chi connectivity index (χ2n) is 4.63. The number of aliphatic carboxylic acids is 1. The van der Waals surface area contributed by atoms with E-state index in [9.17, 15) is 22.8 Å². The summed E-state index contributed by atoms with van der Waals surface area (Å²) in [5.74, 6) is -1.78. The average Bonchev–Trinajstić information content (AvgIpc) is 2.37. The van der Waals surface area contributed by atoms with Gasteiger partial charge in [0.25, 0.3) is 0 Å². The zero-order chi connectivity index (χ0) is 16.2. The lowest BCUT2D eigenvalue weighted by molar-refractivity contribution is -0.141. The van der Waals surface area contributed by atoms with Gasteiger partial charge in [0.15, 0.2) is 0 Å². The minimum absolute atomic E-state index is 0.0121. The Bertz CT molecular complexity index is 514. The van der Waals surface area contributed by atoms with Crippen molar-refractivity contribution in [2.75, 3.05) is 18.9 Å². The van der Waals surface area contributed by atoms with Crippen LogP contribution in [0.25, 0.3) is 0 Å². The van der Waals surface area contributed by atoms with Crippen molar-refractivity contribution in [3.63, 3.8) is 0 Å². The molecule has 0 bridgehead atoms. The van der Waals surface area contributed by atoms with E-state index in [1.54, 1.807) is 0 Å². The van der Waals surface area contributed by atoms with E-state index in [4.69, 9.17) is 5.11 Å². The van der Waals surface area contributed by atoms with Gasteiger partial charge >= 0.3 is 18.2 Å². The van der Waals surface area contributed by atoms with Gasteiger partial charge in [0.2, 0.25) is 0 Å². The molecule has 1 aromatic carbocycles. The summed E-state index contributed by atoms with van der Waals surface area (Å²) in [5.41, 5.74) is -0.615. The molecule has 0 heterocycles. The van der Waals surface area contributed by atoms with Gasteiger partial charge < -0.3 is 15.3 Å². The van der Waals surface area contributed by atoms with Crippen LogP contribution in [0.15, 0.2) is 24.3 Å². The maximum atomic E-state index is 12.4. The standard InChI is InChI=1S/C13H15F3N2O3/c1-8(11(19)20)7-18(2)12(21)17-10-5-3-9(4-6-10)13(14,15)16/h3-6,8H,7H2,1-2H3,(H,17,21)(H,19,20). The van der Waals surface area contributed by atoms with E-state index < -0.39 is 29.7 Å². The third-order valence-electron chi connectivity index (χ3n) is 2.78. The van der Waals surface area contributed by atoms with Gasteiger partial charge in [-0.25, -0.2) is 4.79 Å². The zero-order valence-corrected chi connectivity index (χ0v) is 11.4. The molecule has 0 aromatic heterocycles. The van der Waals surface area contributed by atoms with Gasteiger partial charge in [-0.15, -0.1) is 0 Å². The SMILES string of the molecule is CC(CN(C)C(=O)Nc1ccc(C(F)(F)F)cc1)C(=O)O. The first-order chi connectivity index (χ1) is 9.61. The number of urea groups is 1. The largest absolute Gasteiger partial charge is 0.481 e. The number of alkyl halides is 3. The number of hydrogen-bond donors (Lipinski definition) is 2. The summed E-state index contributed by atoms with van der Waals surface area (Å²) in [4.78, 5) is 23.6. The van der Waals surface area contributed by atoms with Crippen LogP contribution in [-0.2, 0) is 11.0 Å². The molecular formula is C13H15F3N2O3. The summed E-state index contributed by atoms with van der Waals surface area (Å²) in [5, 5.41) is 11.1. The highest BCUT2D eigenvalue weighted by Crippen LogP contribution is 2.29. The number of carbonyl (C=O) groups is 2. The summed E-state index contributed by atoms with van der Waals surface area (Å²) >= 11 is 0. The van der Waals surface area contributed by atoms with Gasteiger partial charge in [-0.1, -0.05) is 6.92 Å². The lowest BCUT2D eigenvalue weighted by Gasteiger charge is -2.20. The molecule has 0 aliphatic rings. The van der Waals surface area contributed by atoms with Crippen molar-refractivity contribution in [3.8, 4) is 0 Å². The topological polar surface area (TPSA) is 69.6 Å². The number of hydrogen-bond acceptors (Lipinski definition) is 2. The van der Waals surface area contributed by atoms with Crippen molar-refractivity contribution >= 4 is 17.7 Å². The van der Waals surface area contributed by atoms with Gasteiger partial charge in [-0.05, 0) is 24.3 Å². The number of halogens is 3. The lowest BCUT2D eigenvalue weighted by atomic mass is 10.2. The second-order valence-corrected chi connectivity index (χ2v) is 4.63. The number of rotatable bonds is 4. The van der Waals surface area contributed by atoms with Crippen molar-refractivity contribution in [1.29, 1.82) is 0 Å². The molecule has 0 saturated heterocycles. The summed E-state index contributed by atoms with van der Waals surface area (Å²) in [6.45, 7) is 1.44. The Kier molecular flexibility index (Phi) is 5.17. The number of nitrogens with one attached hydrogen (secondary N) is 1. The average molecular weight is 304 g/mol. The molecule has 1 atom stereocenters. The fourth-order valence-electron chi connectivity index (χ4n) is 1.53. The van der Waals surface area contributed by atoms with Gasteiger partial charge in [-0.3, -0.25) is 4.79 Å². The Morgan fingerprint density at radius 3 is 2.24 bits per heavy atom. The maximum Gasteiger partial charge on any atom is 0.416 e. The highest BCUT2D eigenvalue weighted by molar-refractivity contribution is 5.89. The number of carbonyl (C=O) groups excluding carboxylic acids is 1. The summed E-state index contributed by atoms with van der Waals surface area (Å²) < 4.78 is 37.1. The van der Waals surface area contributed by atoms with E-state index in [2.05, 4.69) is 5.32 Å². The van der Waals surface area contributed by atoms with E-state index in [0.29, 0.717) is 0 Å². The normalized spacial score (nSPS) is 12.6. The number of anilines is 1. The Labute approximate surface area is 119 Å². The molecule has 0 fully saturated rings. The van der Waals surface area contributed by atoms with E-state index in [1.807, 2.05) is 0 Å². The van der Waals surface area contributed by atoms with Crippen LogP contribution in [0.3, 0.4) is 0 Å². The third-order valence-corrected chi connectivity index (χ3v) is 2.78. The van der Waals surface area contributed by atoms with Gasteiger partial charge in [0.1, 0.15) is 0 Å². The number of benzene rings is 1. The Balaban J connectivity index is 2.64. The minimum Gasteiger partial charge on any atom is -0.481 e. The van der Waals surface area contributed by atoms with Crippen LogP contribution in [-0.4, -0.2) is 35.6 Å². The van der Waals surface area contributed by atoms with Crippen LogP contribution in [0.4, 0.5) is 23.7 Å². The Hall–Kier alpha value is -2.25. The molecule has 8 heteroatoms. The highest BCUT2D eigenvalue weighted by Gasteiger charge is 2.30. The summed E-state index contributed by atoms with van der Waals surface area (Å²) in [7, 11) is 1.40. The fraction of sp³-hybridized carbons (Fsp3) is 0.385. The predicted molar refractivity (Wildman–Crippen MR) is 69.9 cm³/mol. The van der Waals surface area contributed by atoms with Crippen LogP contribution in [0.2, 0.25) is 0 Å². The van der Waals surface area contributed by atoms with E-state index in [-0.39, 0.29) is 12.2 Å². The maximum absolute atomic E-state index is 12.4. The fourth-order valence-corrected chi connectivity index (χ4v) is 1.53. The Morgan fingerprint density at radius 1 is 1.29 bits per heavy atom. The molecule has 2 amide bonds. The summed E-state index contributed by atoms with van der Waals surface area (Å²) in [6, 6.07) is 3.39. The predicted octanol–water partition coefficient (Wildman–Crippen LogP) is 2.89. The number of carboxylic acid groups (broad SMARTS) is 1. The van der Waals surface area contributed by atoms with Crippen LogP contribution in [0.5, 0.6) is 0 Å². The highest BCUT2D eigenvalue weighted by atomic mass is 19.4. The first kappa shape index (κ1) is 16.8. The Morgan fingerprint density at radius 2 is 1.81 bits per heavy atom. The van der Waals surface area contributed by atoms with E-state index >= 15 is 0 Å². The van der Waals surface area contributed by atoms with Crippen LogP contribution in [0.1, 0.15) is 12.5 Å². The molecule has 2 N–H and O–H groups in total. The molecule has 5 nitrogen and oxygen atoms in total.